The van der Waals surface area contributed by atoms with Gasteiger partial charge in [0.25, 0.3) is 0 Å². The number of rotatable bonds is 4. The van der Waals surface area contributed by atoms with Crippen molar-refractivity contribution in [2.24, 2.45) is 10.8 Å². The molecule has 1 fully saturated rings. The van der Waals surface area contributed by atoms with Crippen molar-refractivity contribution in [2.45, 2.75) is 32.1 Å². The van der Waals surface area contributed by atoms with E-state index >= 15 is 0 Å². The van der Waals surface area contributed by atoms with Crippen LogP contribution in [0.15, 0.2) is 17.5 Å². The molecule has 0 aromatic heterocycles. The van der Waals surface area contributed by atoms with E-state index in [1.165, 1.54) is 17.0 Å². The van der Waals surface area contributed by atoms with Crippen LogP contribution in [-0.2, 0) is 0 Å². The van der Waals surface area contributed by atoms with E-state index in [4.69, 9.17) is 5.73 Å². The average molecular weight is 372 g/mol. The molecule has 1 rings (SSSR count). The van der Waals surface area contributed by atoms with Crippen LogP contribution in [0.5, 0.6) is 0 Å². The van der Waals surface area contributed by atoms with E-state index in [2.05, 4.69) is 27.6 Å². The van der Waals surface area contributed by atoms with Gasteiger partial charge in [0.1, 0.15) is 11.9 Å². The number of hydrazone groups is 1. The Morgan fingerprint density at radius 1 is 1.43 bits per heavy atom. The normalized spacial score (nSPS) is 21.8. The predicted octanol–water partition coefficient (Wildman–Crippen LogP) is 1.97. The van der Waals surface area contributed by atoms with Crippen LogP contribution in [0.1, 0.15) is 13.8 Å². The highest BCUT2D eigenvalue weighted by atomic mass is 79.9. The lowest BCUT2D eigenvalue weighted by Gasteiger charge is -2.43. The lowest BCUT2D eigenvalue weighted by Crippen LogP contribution is -2.58. The zero-order valence-electron chi connectivity index (χ0n) is 12.4. The number of alkyl halides is 3. The highest BCUT2D eigenvalue weighted by molar-refractivity contribution is 9.18. The second kappa shape index (κ2) is 6.87. The highest BCUT2D eigenvalue weighted by Crippen LogP contribution is 2.28. The van der Waals surface area contributed by atoms with Crippen molar-refractivity contribution < 1.29 is 13.2 Å². The molecule has 1 unspecified atom stereocenters. The molecular formula is C12H21BrF3N5. The Bertz CT molecular complexity index is 406. The van der Waals surface area contributed by atoms with Gasteiger partial charge in [-0.1, -0.05) is 6.58 Å². The van der Waals surface area contributed by atoms with Gasteiger partial charge in [-0.05, 0) is 36.8 Å². The summed E-state index contributed by atoms with van der Waals surface area (Å²) in [6.07, 6.45) is -4.27. The molecule has 122 valence electrons. The van der Waals surface area contributed by atoms with Crippen molar-refractivity contribution in [2.75, 3.05) is 26.7 Å². The highest BCUT2D eigenvalue weighted by Gasteiger charge is 2.45. The van der Waals surface area contributed by atoms with Crippen molar-refractivity contribution in [3.8, 4) is 0 Å². The smallest absolute Gasteiger partial charge is 0.376 e. The molecule has 0 saturated carbocycles. The Morgan fingerprint density at radius 2 is 2.00 bits per heavy atom. The van der Waals surface area contributed by atoms with Gasteiger partial charge >= 0.3 is 6.18 Å². The molecule has 1 saturated heterocycles. The molecule has 0 aromatic carbocycles. The zero-order valence-corrected chi connectivity index (χ0v) is 13.9. The minimum atomic E-state index is -4.27. The van der Waals surface area contributed by atoms with Gasteiger partial charge in [0.05, 0.1) is 0 Å². The van der Waals surface area contributed by atoms with Crippen molar-refractivity contribution in [3.05, 3.63) is 12.4 Å². The lowest BCUT2D eigenvalue weighted by molar-refractivity contribution is -0.192. The molecular weight excluding hydrogens is 351 g/mol. The Balaban J connectivity index is 2.89. The number of hydrogen-bond donors (Lipinski definition) is 1. The van der Waals surface area contributed by atoms with E-state index in [1.807, 2.05) is 13.8 Å². The Hall–Kier alpha value is -0.960. The molecule has 9 heteroatoms. The summed E-state index contributed by atoms with van der Waals surface area (Å²) in [6.45, 7) is 8.21. The third-order valence-corrected chi connectivity index (χ3v) is 3.51. The van der Waals surface area contributed by atoms with Crippen LogP contribution in [0.2, 0.25) is 0 Å². The van der Waals surface area contributed by atoms with Crippen LogP contribution in [0, 0.1) is 0 Å². The van der Waals surface area contributed by atoms with Crippen molar-refractivity contribution in [1.82, 2.24) is 14.8 Å². The summed E-state index contributed by atoms with van der Waals surface area (Å²) in [5.74, 6) is 0.412. The quantitative estimate of drug-likeness (QED) is 0.355. The van der Waals surface area contributed by atoms with Crippen LogP contribution in [0.25, 0.3) is 0 Å². The number of halogens is 4. The minimum Gasteiger partial charge on any atom is -0.376 e. The van der Waals surface area contributed by atoms with Gasteiger partial charge < -0.3 is 10.6 Å². The maximum Gasteiger partial charge on any atom is 0.405 e. The first-order valence-electron chi connectivity index (χ1n) is 6.53. The zero-order chi connectivity index (χ0) is 16.4. The van der Waals surface area contributed by atoms with Crippen molar-refractivity contribution in [3.63, 3.8) is 0 Å². The summed E-state index contributed by atoms with van der Waals surface area (Å²) in [6, 6.07) is -1.58. The topological polar surface area (TPSA) is 48.1 Å². The van der Waals surface area contributed by atoms with E-state index < -0.39 is 12.2 Å². The Morgan fingerprint density at radius 3 is 2.43 bits per heavy atom. The fraction of sp³-hybridized carbons (Fsp3) is 0.750. The molecule has 1 aliphatic heterocycles. The summed E-state index contributed by atoms with van der Waals surface area (Å²) in [4.78, 5) is 2.91. The second-order valence-corrected chi connectivity index (χ2v) is 6.07. The summed E-state index contributed by atoms with van der Waals surface area (Å²) in [5.41, 5.74) is 5.49. The number of hydrogen-bond acceptors (Lipinski definition) is 4. The van der Waals surface area contributed by atoms with E-state index in [0.29, 0.717) is 18.9 Å². The first-order valence-corrected chi connectivity index (χ1v) is 7.33. The first kappa shape index (κ1) is 18.1. The molecule has 1 heterocycles. The van der Waals surface area contributed by atoms with Gasteiger partial charge in [0.15, 0.2) is 4.74 Å². The van der Waals surface area contributed by atoms with Gasteiger partial charge in [-0.15, -0.1) is 5.10 Å². The predicted molar refractivity (Wildman–Crippen MR) is 80.7 cm³/mol. The number of nitrogens with two attached hydrogens (primary N) is 1. The number of nitrogens with zero attached hydrogens (tertiary/aromatic N) is 4. The molecule has 0 radical (unpaired) electrons. The van der Waals surface area contributed by atoms with E-state index in [1.54, 1.807) is 4.90 Å². The standard InChI is InChI=1S/C12H21BrF3N5/c1-8(2)21(18-11(13)17)9(3)20-6-5-19(4)10(7-20)12(14,15)16/h8,10H,3,5-7H2,1-2,4H3,(H2,17,18). The first-order chi connectivity index (χ1) is 9.54. The Kier molecular flexibility index (Phi) is 5.92. The van der Waals surface area contributed by atoms with Gasteiger partial charge in [0.2, 0.25) is 0 Å². The second-order valence-electron chi connectivity index (χ2n) is 5.26. The Labute approximate surface area is 131 Å². The summed E-state index contributed by atoms with van der Waals surface area (Å²) < 4.78 is 39.2. The van der Waals surface area contributed by atoms with Crippen LogP contribution in [0.4, 0.5) is 13.2 Å². The summed E-state index contributed by atoms with van der Waals surface area (Å²) in [7, 11) is 1.48. The molecule has 5 nitrogen and oxygen atoms in total. The maximum absolute atomic E-state index is 13.0. The molecule has 0 spiro atoms. The van der Waals surface area contributed by atoms with Gasteiger partial charge in [-0.25, -0.2) is 5.01 Å². The van der Waals surface area contributed by atoms with Gasteiger partial charge in [-0.3, -0.25) is 4.90 Å². The van der Waals surface area contributed by atoms with E-state index in [0.717, 1.165) is 0 Å². The van der Waals surface area contributed by atoms with Crippen molar-refractivity contribution in [1.29, 1.82) is 0 Å². The van der Waals surface area contributed by atoms with Crippen LogP contribution < -0.4 is 5.73 Å². The maximum atomic E-state index is 13.0. The van der Waals surface area contributed by atoms with Gasteiger partial charge in [0, 0.05) is 25.7 Å². The number of amidine groups is 1. The van der Waals surface area contributed by atoms with E-state index in [9.17, 15) is 13.2 Å². The van der Waals surface area contributed by atoms with Crippen molar-refractivity contribution >= 4 is 20.7 Å². The molecule has 1 aliphatic rings. The molecule has 0 aliphatic carbocycles. The van der Waals surface area contributed by atoms with Crippen LogP contribution in [0.3, 0.4) is 0 Å². The summed E-state index contributed by atoms with van der Waals surface area (Å²) >= 11 is 3.03. The third kappa shape index (κ3) is 4.77. The fourth-order valence-corrected chi connectivity index (χ4v) is 2.35. The number of likely N-dealkylation sites (N-methyl/N-ethyl adjacent to an activating group) is 1. The molecule has 21 heavy (non-hydrogen) atoms. The molecule has 2 N–H and O–H groups in total. The average Bonchev–Trinajstić information content (AvgIpc) is 2.33. The monoisotopic (exact) mass is 371 g/mol. The molecule has 0 bridgehead atoms. The molecule has 0 aromatic rings. The summed E-state index contributed by atoms with van der Waals surface area (Å²) in [5, 5.41) is 5.58. The number of piperazine rings is 1. The van der Waals surface area contributed by atoms with E-state index in [-0.39, 0.29) is 17.3 Å². The largest absolute Gasteiger partial charge is 0.405 e. The van der Waals surface area contributed by atoms with Crippen LogP contribution in [-0.4, -0.2) is 64.5 Å². The minimum absolute atomic E-state index is 0.0717. The fourth-order valence-electron chi connectivity index (χ4n) is 2.18. The third-order valence-electron chi connectivity index (χ3n) is 3.35. The molecule has 1 atom stereocenters. The van der Waals surface area contributed by atoms with Crippen LogP contribution >= 0.6 is 15.9 Å². The van der Waals surface area contributed by atoms with Gasteiger partial charge in [-0.2, -0.15) is 13.2 Å². The lowest BCUT2D eigenvalue weighted by atomic mass is 10.1. The molecule has 0 amide bonds. The SMILES string of the molecule is C=C(N1CCN(C)C(C(F)(F)F)C1)N(/N=C(/N)Br)C(C)C.